The zero-order valence-electron chi connectivity index (χ0n) is 51.6. The summed E-state index contributed by atoms with van der Waals surface area (Å²) in [5, 5.41) is 0. The molecule has 0 saturated carbocycles. The Labute approximate surface area is 474 Å². The molecule has 0 N–H and O–H groups in total. The van der Waals surface area contributed by atoms with E-state index in [0.29, 0.717) is 19.3 Å². The molecule has 0 spiro atoms. The second-order valence-electron chi connectivity index (χ2n) is 23.4. The van der Waals surface area contributed by atoms with Crippen molar-refractivity contribution in [2.24, 2.45) is 0 Å². The number of carbonyl (C=O) groups excluding carboxylic acids is 3. The fourth-order valence-electron chi connectivity index (χ4n) is 10.5. The number of hydrogen-bond acceptors (Lipinski definition) is 6. The largest absolute Gasteiger partial charge is 0.462 e. The van der Waals surface area contributed by atoms with Crippen molar-refractivity contribution in [2.45, 2.75) is 393 Å². The van der Waals surface area contributed by atoms with Crippen LogP contribution < -0.4 is 0 Å². The molecular weight excluding hydrogens is 937 g/mol. The minimum absolute atomic E-state index is 0.0683. The summed E-state index contributed by atoms with van der Waals surface area (Å²) in [6, 6.07) is 0. The fourth-order valence-corrected chi connectivity index (χ4v) is 10.5. The van der Waals surface area contributed by atoms with Crippen LogP contribution in [0.1, 0.15) is 387 Å². The average Bonchev–Trinajstić information content (AvgIpc) is 3.42. The standard InChI is InChI=1S/C70H132O6/c1-4-7-10-13-16-19-22-25-28-30-32-33-34-35-36-37-38-40-42-45-48-51-54-57-60-63-69(72)75-66-67(65-74-68(71)62-59-56-53-50-47-44-41-27-24-21-18-15-12-9-6-3)76-70(73)64-61-58-55-52-49-46-43-39-31-29-26-23-20-17-14-11-8-5-2/h27,30,32,41,67H,4-26,28-29,31,33-40,42-66H2,1-3H3/b32-30-,41-27-. The van der Waals surface area contributed by atoms with Crippen LogP contribution in [0.4, 0.5) is 0 Å². The monoisotopic (exact) mass is 1070 g/mol. The molecule has 0 aromatic carbocycles. The van der Waals surface area contributed by atoms with Gasteiger partial charge in [-0.25, -0.2) is 0 Å². The Hall–Kier alpha value is -2.11. The van der Waals surface area contributed by atoms with Gasteiger partial charge in [-0.3, -0.25) is 14.4 Å². The van der Waals surface area contributed by atoms with Gasteiger partial charge in [-0.15, -0.1) is 0 Å². The van der Waals surface area contributed by atoms with Crippen LogP contribution in [0.3, 0.4) is 0 Å². The van der Waals surface area contributed by atoms with Gasteiger partial charge in [0.2, 0.25) is 0 Å². The molecule has 0 radical (unpaired) electrons. The van der Waals surface area contributed by atoms with Crippen LogP contribution in [0.15, 0.2) is 24.3 Å². The first-order valence-corrected chi connectivity index (χ1v) is 34.3. The van der Waals surface area contributed by atoms with Gasteiger partial charge >= 0.3 is 17.9 Å². The maximum Gasteiger partial charge on any atom is 0.306 e. The Morgan fingerprint density at radius 2 is 0.434 bits per heavy atom. The molecule has 0 aromatic heterocycles. The molecule has 6 nitrogen and oxygen atoms in total. The summed E-state index contributed by atoms with van der Waals surface area (Å²) in [7, 11) is 0. The van der Waals surface area contributed by atoms with Crippen molar-refractivity contribution >= 4 is 17.9 Å². The Balaban J connectivity index is 4.25. The first-order valence-electron chi connectivity index (χ1n) is 34.3. The van der Waals surface area contributed by atoms with Gasteiger partial charge in [0.1, 0.15) is 13.2 Å². The van der Waals surface area contributed by atoms with Gasteiger partial charge in [-0.1, -0.05) is 321 Å². The summed E-state index contributed by atoms with van der Waals surface area (Å²) in [6.07, 6.45) is 79.1. The number of ether oxygens (including phenoxy) is 3. The first kappa shape index (κ1) is 73.9. The third kappa shape index (κ3) is 62.7. The number of rotatable bonds is 64. The predicted octanol–water partition coefficient (Wildman–Crippen LogP) is 23.4. The highest BCUT2D eigenvalue weighted by atomic mass is 16.6. The minimum atomic E-state index is -0.772. The van der Waals surface area contributed by atoms with Gasteiger partial charge in [0.15, 0.2) is 6.10 Å². The van der Waals surface area contributed by atoms with Crippen molar-refractivity contribution in [1.82, 2.24) is 0 Å². The Kier molecular flexibility index (Phi) is 63.6. The molecule has 0 aliphatic carbocycles. The molecule has 0 aromatic rings. The third-order valence-corrected chi connectivity index (χ3v) is 15.7. The number of esters is 3. The van der Waals surface area contributed by atoms with Crippen molar-refractivity contribution in [1.29, 1.82) is 0 Å². The summed E-state index contributed by atoms with van der Waals surface area (Å²) in [5.74, 6) is -0.847. The molecule has 0 aliphatic heterocycles. The molecule has 0 saturated heterocycles. The van der Waals surface area contributed by atoms with Crippen LogP contribution in [-0.2, 0) is 28.6 Å². The van der Waals surface area contributed by atoms with Crippen molar-refractivity contribution in [3.05, 3.63) is 24.3 Å². The van der Waals surface area contributed by atoms with Gasteiger partial charge in [0.05, 0.1) is 0 Å². The normalized spacial score (nSPS) is 12.1. The van der Waals surface area contributed by atoms with E-state index in [-0.39, 0.29) is 31.1 Å². The van der Waals surface area contributed by atoms with E-state index in [4.69, 9.17) is 14.2 Å². The fraction of sp³-hybridized carbons (Fsp3) is 0.900. The molecule has 0 fully saturated rings. The molecule has 1 atom stereocenters. The molecule has 1 unspecified atom stereocenters. The van der Waals surface area contributed by atoms with E-state index in [0.717, 1.165) is 64.2 Å². The minimum Gasteiger partial charge on any atom is -0.462 e. The van der Waals surface area contributed by atoms with Gasteiger partial charge in [0.25, 0.3) is 0 Å². The Morgan fingerprint density at radius 3 is 0.658 bits per heavy atom. The van der Waals surface area contributed by atoms with E-state index >= 15 is 0 Å². The smallest absolute Gasteiger partial charge is 0.306 e. The van der Waals surface area contributed by atoms with Crippen LogP contribution in [-0.4, -0.2) is 37.2 Å². The summed E-state index contributed by atoms with van der Waals surface area (Å²) < 4.78 is 17.0. The number of allylic oxidation sites excluding steroid dienone is 4. The van der Waals surface area contributed by atoms with Crippen molar-refractivity contribution in [3.63, 3.8) is 0 Å². The van der Waals surface area contributed by atoms with E-state index < -0.39 is 6.10 Å². The quantitative estimate of drug-likeness (QED) is 0.0261. The third-order valence-electron chi connectivity index (χ3n) is 15.7. The molecule has 0 heterocycles. The molecule has 76 heavy (non-hydrogen) atoms. The highest BCUT2D eigenvalue weighted by Crippen LogP contribution is 2.18. The first-order chi connectivity index (χ1) is 37.5. The molecule has 0 amide bonds. The van der Waals surface area contributed by atoms with Crippen molar-refractivity contribution in [3.8, 4) is 0 Å². The molecule has 6 heteroatoms. The lowest BCUT2D eigenvalue weighted by atomic mass is 10.0. The Bertz CT molecular complexity index is 1230. The maximum absolute atomic E-state index is 12.9. The summed E-state index contributed by atoms with van der Waals surface area (Å²) in [4.78, 5) is 38.4. The van der Waals surface area contributed by atoms with Crippen LogP contribution in [0, 0.1) is 0 Å². The summed E-state index contributed by atoms with van der Waals surface area (Å²) in [6.45, 7) is 6.71. The number of carbonyl (C=O) groups is 3. The van der Waals surface area contributed by atoms with E-state index in [1.807, 2.05) is 0 Å². The lowest BCUT2D eigenvalue weighted by Crippen LogP contribution is -2.30. The number of unbranched alkanes of at least 4 members (excludes halogenated alkanes) is 49. The molecular formula is C70H132O6. The van der Waals surface area contributed by atoms with Gasteiger partial charge in [0, 0.05) is 19.3 Å². The van der Waals surface area contributed by atoms with Crippen molar-refractivity contribution < 1.29 is 28.6 Å². The molecule has 0 aliphatic rings. The molecule has 448 valence electrons. The van der Waals surface area contributed by atoms with Crippen molar-refractivity contribution in [2.75, 3.05) is 13.2 Å². The van der Waals surface area contributed by atoms with Crippen LogP contribution in [0.25, 0.3) is 0 Å². The lowest BCUT2D eigenvalue weighted by Gasteiger charge is -2.18. The zero-order chi connectivity index (χ0) is 55.0. The van der Waals surface area contributed by atoms with E-state index in [1.165, 1.54) is 283 Å². The van der Waals surface area contributed by atoms with Gasteiger partial charge in [-0.2, -0.15) is 0 Å². The van der Waals surface area contributed by atoms with E-state index in [9.17, 15) is 14.4 Å². The summed E-state index contributed by atoms with van der Waals surface area (Å²) >= 11 is 0. The average molecular weight is 1070 g/mol. The van der Waals surface area contributed by atoms with E-state index in [1.54, 1.807) is 0 Å². The molecule has 0 bridgehead atoms. The topological polar surface area (TPSA) is 78.9 Å². The Morgan fingerprint density at radius 1 is 0.250 bits per heavy atom. The molecule has 0 rings (SSSR count). The van der Waals surface area contributed by atoms with E-state index in [2.05, 4.69) is 45.1 Å². The van der Waals surface area contributed by atoms with Crippen LogP contribution in [0.5, 0.6) is 0 Å². The SMILES string of the molecule is CCCCCCCC/C=C\CCCCCCCC(=O)OCC(COC(=O)CCCCCCCCCCCCCCC/C=C\CCCCCCCCCC)OC(=O)CCCCCCCCCCCCCCCCCCCC. The number of hydrogen-bond donors (Lipinski definition) is 0. The highest BCUT2D eigenvalue weighted by molar-refractivity contribution is 5.71. The second kappa shape index (κ2) is 65.4. The maximum atomic E-state index is 12.9. The van der Waals surface area contributed by atoms with Crippen LogP contribution in [0.2, 0.25) is 0 Å². The predicted molar refractivity (Wildman–Crippen MR) is 330 cm³/mol. The second-order valence-corrected chi connectivity index (χ2v) is 23.4. The lowest BCUT2D eigenvalue weighted by molar-refractivity contribution is -0.167. The highest BCUT2D eigenvalue weighted by Gasteiger charge is 2.19. The summed E-state index contributed by atoms with van der Waals surface area (Å²) in [5.41, 5.74) is 0. The van der Waals surface area contributed by atoms with Gasteiger partial charge < -0.3 is 14.2 Å². The van der Waals surface area contributed by atoms with Gasteiger partial charge in [-0.05, 0) is 70.6 Å². The van der Waals surface area contributed by atoms with Crippen LogP contribution >= 0.6 is 0 Å². The zero-order valence-corrected chi connectivity index (χ0v) is 51.6.